The van der Waals surface area contributed by atoms with Crippen LogP contribution in [0.15, 0.2) is 30.6 Å². The Bertz CT molecular complexity index is 1230. The second-order valence-electron chi connectivity index (χ2n) is 9.71. The molecule has 3 aromatic heterocycles. The van der Waals surface area contributed by atoms with Crippen molar-refractivity contribution in [1.82, 2.24) is 29.6 Å². The second kappa shape index (κ2) is 9.09. The molecule has 1 fully saturated rings. The highest BCUT2D eigenvalue weighted by Crippen LogP contribution is 2.24. The van der Waals surface area contributed by atoms with Gasteiger partial charge in [-0.3, -0.25) is 0 Å². The van der Waals surface area contributed by atoms with E-state index in [9.17, 15) is 4.79 Å². The monoisotopic (exact) mass is 464 g/mol. The number of carbonyl (C=O) groups is 1. The molecule has 178 valence electrons. The molecule has 5 rings (SSSR count). The number of carbonyl (C=O) groups excluding carboxylic acids is 1. The van der Waals surface area contributed by atoms with Gasteiger partial charge < -0.3 is 14.4 Å². The average molecular weight is 465 g/mol. The number of pyridine rings is 1. The third-order valence-corrected chi connectivity index (χ3v) is 5.87. The molecule has 0 aliphatic carbocycles. The normalized spacial score (nSPS) is 18.9. The Morgan fingerprint density at radius 3 is 2.97 bits per heavy atom. The molecule has 3 aromatic rings. The quantitative estimate of drug-likeness (QED) is 0.548. The van der Waals surface area contributed by atoms with E-state index in [-0.39, 0.29) is 6.09 Å². The van der Waals surface area contributed by atoms with Gasteiger partial charge in [0.05, 0.1) is 18.5 Å². The number of fused-ring (bicyclic) bond motifs is 1. The van der Waals surface area contributed by atoms with Crippen molar-refractivity contribution in [1.29, 1.82) is 0 Å². The molecule has 0 aromatic carbocycles. The first kappa shape index (κ1) is 22.4. The number of rotatable bonds is 4. The van der Waals surface area contributed by atoms with Crippen molar-refractivity contribution in [2.45, 2.75) is 39.2 Å². The number of likely N-dealkylation sites (tertiary alicyclic amines) is 1. The Hall–Kier alpha value is -3.40. The minimum absolute atomic E-state index is 0.244. The van der Waals surface area contributed by atoms with E-state index in [1.807, 2.05) is 51.4 Å². The molecular weight excluding hydrogens is 434 g/mol. The van der Waals surface area contributed by atoms with Crippen LogP contribution in [0.5, 0.6) is 0 Å². The summed E-state index contributed by atoms with van der Waals surface area (Å²) in [6.45, 7) is 8.94. The zero-order valence-corrected chi connectivity index (χ0v) is 19.8. The maximum Gasteiger partial charge on any atom is 0.410 e. The van der Waals surface area contributed by atoms with Crippen LogP contribution in [0.2, 0.25) is 0 Å². The molecule has 2 aliphatic rings. The molecule has 0 radical (unpaired) electrons. The second-order valence-corrected chi connectivity index (χ2v) is 9.71. The summed E-state index contributed by atoms with van der Waals surface area (Å²) in [6.07, 6.45) is 7.09. The molecule has 10 heteroatoms. The van der Waals surface area contributed by atoms with Crippen molar-refractivity contribution >= 4 is 29.2 Å². The van der Waals surface area contributed by atoms with E-state index >= 15 is 0 Å². The van der Waals surface area contributed by atoms with Crippen molar-refractivity contribution < 1.29 is 18.8 Å². The molecule has 2 aliphatic heterocycles. The Kier molecular flexibility index (Phi) is 5.99. The molecule has 0 saturated carbocycles. The van der Waals surface area contributed by atoms with Crippen LogP contribution in [0.1, 0.15) is 32.9 Å². The standard InChI is InChI=1S/C24H30N7O3/c1-24(2,3)34-23(32)30-9-6-17(16-30)15-18-7-10-31(28-18)22-26-19-5-4-8-25-20(19)21(27-22)29-11-13-33-14-12-29/h4-5,7-8,10-11,17H,6,9,12-16H2,1-3H3/q+1. The summed E-state index contributed by atoms with van der Waals surface area (Å²) in [4.78, 5) is 28.2. The number of aromatic nitrogens is 5. The van der Waals surface area contributed by atoms with Gasteiger partial charge in [0.1, 0.15) is 24.3 Å². The van der Waals surface area contributed by atoms with Crippen molar-refractivity contribution in [2.75, 3.05) is 32.8 Å². The largest absolute Gasteiger partial charge is 0.444 e. The summed E-state index contributed by atoms with van der Waals surface area (Å²) >= 11 is 0. The predicted octanol–water partition coefficient (Wildman–Crippen LogP) is 2.76. The van der Waals surface area contributed by atoms with Crippen molar-refractivity contribution in [3.05, 3.63) is 36.3 Å². The summed E-state index contributed by atoms with van der Waals surface area (Å²) in [5.41, 5.74) is 1.99. The average Bonchev–Trinajstić information content (AvgIpc) is 3.48. The molecule has 1 unspecified atom stereocenters. The molecule has 1 amide bonds. The zero-order chi connectivity index (χ0) is 23.7. The first-order chi connectivity index (χ1) is 16.4. The third-order valence-electron chi connectivity index (χ3n) is 5.87. The molecular formula is C24H30N7O3+. The first-order valence-corrected chi connectivity index (χ1v) is 11.7. The lowest BCUT2D eigenvalue weighted by Crippen LogP contribution is -2.35. The maximum atomic E-state index is 12.4. The molecule has 10 nitrogen and oxygen atoms in total. The topological polar surface area (TPSA) is 98.3 Å². The van der Waals surface area contributed by atoms with E-state index in [2.05, 4.69) is 9.56 Å². The predicted molar refractivity (Wildman–Crippen MR) is 126 cm³/mol. The third kappa shape index (κ3) is 4.91. The molecule has 0 bridgehead atoms. The van der Waals surface area contributed by atoms with Gasteiger partial charge in [-0.2, -0.15) is 14.8 Å². The molecule has 1 atom stereocenters. The van der Waals surface area contributed by atoms with Crippen LogP contribution < -0.4 is 0 Å². The number of ether oxygens (including phenoxy) is 2. The summed E-state index contributed by atoms with van der Waals surface area (Å²) in [7, 11) is 0. The van der Waals surface area contributed by atoms with E-state index in [1.165, 1.54) is 0 Å². The highest BCUT2D eigenvalue weighted by atomic mass is 16.6. The first-order valence-electron chi connectivity index (χ1n) is 11.7. The molecule has 0 N–H and O–H groups in total. The molecule has 1 saturated heterocycles. The van der Waals surface area contributed by atoms with Gasteiger partial charge >= 0.3 is 17.9 Å². The smallest absolute Gasteiger partial charge is 0.410 e. The highest BCUT2D eigenvalue weighted by Gasteiger charge is 2.30. The van der Waals surface area contributed by atoms with Gasteiger partial charge in [-0.1, -0.05) is 0 Å². The van der Waals surface area contributed by atoms with Gasteiger partial charge in [0.25, 0.3) is 0 Å². The zero-order valence-electron chi connectivity index (χ0n) is 19.8. The highest BCUT2D eigenvalue weighted by molar-refractivity contribution is 5.82. The summed E-state index contributed by atoms with van der Waals surface area (Å²) in [6, 6.07) is 5.80. The van der Waals surface area contributed by atoms with Gasteiger partial charge in [-0.05, 0) is 57.7 Å². The Balaban J connectivity index is 1.34. The molecule has 34 heavy (non-hydrogen) atoms. The Morgan fingerprint density at radius 1 is 1.29 bits per heavy atom. The number of hydrogen-bond donors (Lipinski definition) is 0. The Morgan fingerprint density at radius 2 is 2.18 bits per heavy atom. The fourth-order valence-electron chi connectivity index (χ4n) is 4.28. The van der Waals surface area contributed by atoms with Gasteiger partial charge in [0.15, 0.2) is 5.52 Å². The van der Waals surface area contributed by atoms with Crippen LogP contribution in [-0.4, -0.2) is 85.0 Å². The van der Waals surface area contributed by atoms with Crippen LogP contribution in [0.25, 0.3) is 17.0 Å². The molecule has 5 heterocycles. The Labute approximate surface area is 198 Å². The van der Waals surface area contributed by atoms with Crippen molar-refractivity contribution in [3.63, 3.8) is 0 Å². The summed E-state index contributed by atoms with van der Waals surface area (Å²) < 4.78 is 14.7. The van der Waals surface area contributed by atoms with Crippen LogP contribution in [0, 0.1) is 5.92 Å². The van der Waals surface area contributed by atoms with E-state index in [4.69, 9.17) is 24.5 Å². The van der Waals surface area contributed by atoms with E-state index < -0.39 is 5.60 Å². The van der Waals surface area contributed by atoms with Gasteiger partial charge in [-0.25, -0.2) is 14.4 Å². The summed E-state index contributed by atoms with van der Waals surface area (Å²) in [5, 5.41) is 4.75. The number of hydrogen-bond acceptors (Lipinski definition) is 7. The van der Waals surface area contributed by atoms with Gasteiger partial charge in [0, 0.05) is 30.5 Å². The van der Waals surface area contributed by atoms with Crippen LogP contribution in [0.4, 0.5) is 10.6 Å². The van der Waals surface area contributed by atoms with Gasteiger partial charge in [0.2, 0.25) is 0 Å². The van der Waals surface area contributed by atoms with Crippen LogP contribution in [0.3, 0.4) is 0 Å². The SMILES string of the molecule is CC(C)(C)OC(=O)N1CCC(Cc2ccn(-c3nc([N+]4=CCOCC4)c4ncccc4n3)n2)C1. The number of amides is 1. The van der Waals surface area contributed by atoms with Gasteiger partial charge in [-0.15, -0.1) is 0 Å². The summed E-state index contributed by atoms with van der Waals surface area (Å²) in [5.74, 6) is 1.60. The lowest BCUT2D eigenvalue weighted by molar-refractivity contribution is -0.452. The van der Waals surface area contributed by atoms with Crippen LogP contribution >= 0.6 is 0 Å². The van der Waals surface area contributed by atoms with E-state index in [1.54, 1.807) is 15.8 Å². The van der Waals surface area contributed by atoms with Crippen molar-refractivity contribution in [3.8, 4) is 5.95 Å². The lowest BCUT2D eigenvalue weighted by atomic mass is 10.0. The fourth-order valence-corrected chi connectivity index (χ4v) is 4.28. The fraction of sp³-hybridized carbons (Fsp3) is 0.500. The minimum Gasteiger partial charge on any atom is -0.444 e. The van der Waals surface area contributed by atoms with E-state index in [0.717, 1.165) is 35.4 Å². The molecule has 0 spiro atoms. The van der Waals surface area contributed by atoms with E-state index in [0.29, 0.717) is 44.7 Å². The number of nitrogens with zero attached hydrogens (tertiary/aromatic N) is 7. The lowest BCUT2D eigenvalue weighted by Gasteiger charge is -2.24. The minimum atomic E-state index is -0.485. The van der Waals surface area contributed by atoms with Crippen molar-refractivity contribution in [2.24, 2.45) is 5.92 Å². The maximum absolute atomic E-state index is 12.4. The van der Waals surface area contributed by atoms with Crippen LogP contribution in [-0.2, 0) is 15.9 Å².